The number of carboxylic acids is 1. The second-order valence-corrected chi connectivity index (χ2v) is 5.75. The van der Waals surface area contributed by atoms with E-state index >= 15 is 0 Å². The summed E-state index contributed by atoms with van der Waals surface area (Å²) in [5.41, 5.74) is 0. The van der Waals surface area contributed by atoms with Crippen LogP contribution in [0.2, 0.25) is 0 Å². The molecule has 1 atom stereocenters. The lowest BCUT2D eigenvalue weighted by molar-refractivity contribution is -0.153. The van der Waals surface area contributed by atoms with Crippen molar-refractivity contribution in [3.8, 4) is 0 Å². The average molecular weight is 212 g/mol. The molecule has 0 saturated heterocycles. The van der Waals surface area contributed by atoms with Gasteiger partial charge < -0.3 is 5.11 Å². The molecule has 1 unspecified atom stereocenters. The van der Waals surface area contributed by atoms with E-state index in [1.54, 1.807) is 0 Å². The molecule has 3 heteroatoms. The van der Waals surface area contributed by atoms with Crippen molar-refractivity contribution in [2.45, 2.75) is 38.3 Å². The standard InChI is InChI=1S/C12H17FO2/c13-11(12(14)15)10-8-2-6-1-7(4-8)5-9(10)3-6/h6-11H,1-5H2,(H,14,15). The zero-order valence-electron chi connectivity index (χ0n) is 8.73. The van der Waals surface area contributed by atoms with E-state index in [1.165, 1.54) is 6.42 Å². The molecule has 0 aliphatic heterocycles. The van der Waals surface area contributed by atoms with Crippen LogP contribution >= 0.6 is 0 Å². The molecule has 4 bridgehead atoms. The van der Waals surface area contributed by atoms with Gasteiger partial charge in [-0.3, -0.25) is 0 Å². The Bertz CT molecular complexity index is 261. The molecule has 0 radical (unpaired) electrons. The van der Waals surface area contributed by atoms with Crippen LogP contribution in [-0.4, -0.2) is 17.2 Å². The van der Waals surface area contributed by atoms with Crippen molar-refractivity contribution in [2.24, 2.45) is 29.6 Å². The molecule has 2 nitrogen and oxygen atoms in total. The summed E-state index contributed by atoms with van der Waals surface area (Å²) in [4.78, 5) is 10.7. The van der Waals surface area contributed by atoms with Gasteiger partial charge in [-0.2, -0.15) is 0 Å². The number of alkyl halides is 1. The van der Waals surface area contributed by atoms with E-state index in [0.717, 1.165) is 37.5 Å². The number of carboxylic acid groups (broad SMARTS) is 1. The monoisotopic (exact) mass is 212 g/mol. The van der Waals surface area contributed by atoms with E-state index < -0.39 is 12.1 Å². The summed E-state index contributed by atoms with van der Waals surface area (Å²) < 4.78 is 13.7. The van der Waals surface area contributed by atoms with E-state index in [9.17, 15) is 9.18 Å². The average Bonchev–Trinajstić information content (AvgIpc) is 2.15. The molecular weight excluding hydrogens is 195 g/mol. The predicted molar refractivity (Wildman–Crippen MR) is 53.1 cm³/mol. The third-order valence-electron chi connectivity index (χ3n) is 4.87. The first-order valence-corrected chi connectivity index (χ1v) is 6.02. The second-order valence-electron chi connectivity index (χ2n) is 5.75. The summed E-state index contributed by atoms with van der Waals surface area (Å²) >= 11 is 0. The first-order chi connectivity index (χ1) is 7.15. The van der Waals surface area contributed by atoms with Gasteiger partial charge in [-0.1, -0.05) is 0 Å². The molecule has 1 N–H and O–H groups in total. The zero-order valence-corrected chi connectivity index (χ0v) is 8.73. The first-order valence-electron chi connectivity index (χ1n) is 6.02. The predicted octanol–water partition coefficient (Wildman–Crippen LogP) is 2.48. The minimum atomic E-state index is -1.61. The summed E-state index contributed by atoms with van der Waals surface area (Å²) in [6.45, 7) is 0. The highest BCUT2D eigenvalue weighted by molar-refractivity contribution is 5.72. The first kappa shape index (κ1) is 9.61. The number of hydrogen-bond acceptors (Lipinski definition) is 1. The molecule has 0 aromatic carbocycles. The fourth-order valence-electron chi connectivity index (χ4n) is 4.61. The second kappa shape index (κ2) is 3.19. The summed E-state index contributed by atoms with van der Waals surface area (Å²) in [5, 5.41) is 8.79. The van der Waals surface area contributed by atoms with Crippen molar-refractivity contribution in [3.63, 3.8) is 0 Å². The molecule has 4 rings (SSSR count). The molecular formula is C12H17FO2. The Kier molecular flexibility index (Phi) is 2.05. The fraction of sp³-hybridized carbons (Fsp3) is 0.917. The molecule has 4 aliphatic rings. The van der Waals surface area contributed by atoms with Gasteiger partial charge in [-0.15, -0.1) is 0 Å². The summed E-state index contributed by atoms with van der Waals surface area (Å²) in [6, 6.07) is 0. The van der Waals surface area contributed by atoms with Crippen molar-refractivity contribution in [1.82, 2.24) is 0 Å². The Morgan fingerprint density at radius 1 is 1.07 bits per heavy atom. The van der Waals surface area contributed by atoms with E-state index in [2.05, 4.69) is 0 Å². The van der Waals surface area contributed by atoms with Crippen molar-refractivity contribution in [3.05, 3.63) is 0 Å². The highest BCUT2D eigenvalue weighted by Gasteiger charge is 2.52. The van der Waals surface area contributed by atoms with Crippen LogP contribution < -0.4 is 0 Å². The van der Waals surface area contributed by atoms with Crippen molar-refractivity contribution in [2.75, 3.05) is 0 Å². The van der Waals surface area contributed by atoms with Crippen LogP contribution in [0.25, 0.3) is 0 Å². The van der Waals surface area contributed by atoms with Crippen molar-refractivity contribution < 1.29 is 14.3 Å². The highest BCUT2D eigenvalue weighted by Crippen LogP contribution is 2.57. The maximum absolute atomic E-state index is 13.7. The Hall–Kier alpha value is -0.600. The van der Waals surface area contributed by atoms with Crippen LogP contribution in [0.4, 0.5) is 4.39 Å². The third kappa shape index (κ3) is 1.39. The topological polar surface area (TPSA) is 37.3 Å². The van der Waals surface area contributed by atoms with Crippen molar-refractivity contribution >= 4 is 5.97 Å². The van der Waals surface area contributed by atoms with Gasteiger partial charge in [0.15, 0.2) is 6.17 Å². The summed E-state index contributed by atoms with van der Waals surface area (Å²) in [5.74, 6) is 0.886. The van der Waals surface area contributed by atoms with Gasteiger partial charge in [0.1, 0.15) is 0 Å². The highest BCUT2D eigenvalue weighted by atomic mass is 19.1. The van der Waals surface area contributed by atoms with Crippen LogP contribution in [-0.2, 0) is 4.79 Å². The van der Waals surface area contributed by atoms with Gasteiger partial charge in [-0.25, -0.2) is 9.18 Å². The molecule has 84 valence electrons. The largest absolute Gasteiger partial charge is 0.479 e. The lowest BCUT2D eigenvalue weighted by Gasteiger charge is -2.54. The van der Waals surface area contributed by atoms with Gasteiger partial charge in [0.05, 0.1) is 0 Å². The molecule has 15 heavy (non-hydrogen) atoms. The molecule has 0 spiro atoms. The minimum Gasteiger partial charge on any atom is -0.479 e. The molecule has 4 fully saturated rings. The quantitative estimate of drug-likeness (QED) is 0.763. The summed E-state index contributed by atoms with van der Waals surface area (Å²) in [6.07, 6.45) is 4.07. The number of halogens is 1. The number of hydrogen-bond donors (Lipinski definition) is 1. The Balaban J connectivity index is 1.83. The van der Waals surface area contributed by atoms with Crippen LogP contribution in [0, 0.1) is 29.6 Å². The zero-order chi connectivity index (χ0) is 10.6. The molecule has 0 aromatic rings. The molecule has 4 saturated carbocycles. The molecule has 0 amide bonds. The maximum Gasteiger partial charge on any atom is 0.338 e. The van der Waals surface area contributed by atoms with Gasteiger partial charge >= 0.3 is 5.97 Å². The number of rotatable bonds is 2. The van der Waals surface area contributed by atoms with Crippen LogP contribution in [0.15, 0.2) is 0 Å². The van der Waals surface area contributed by atoms with E-state index in [4.69, 9.17) is 5.11 Å². The van der Waals surface area contributed by atoms with Crippen LogP contribution in [0.3, 0.4) is 0 Å². The van der Waals surface area contributed by atoms with Crippen LogP contribution in [0.5, 0.6) is 0 Å². The smallest absolute Gasteiger partial charge is 0.338 e. The van der Waals surface area contributed by atoms with Gasteiger partial charge in [0.25, 0.3) is 0 Å². The molecule has 4 aliphatic carbocycles. The fourth-order valence-corrected chi connectivity index (χ4v) is 4.61. The van der Waals surface area contributed by atoms with Gasteiger partial charge in [0.2, 0.25) is 0 Å². The van der Waals surface area contributed by atoms with Crippen LogP contribution in [0.1, 0.15) is 32.1 Å². The normalized spacial score (nSPS) is 49.3. The minimum absolute atomic E-state index is 0.171. The van der Waals surface area contributed by atoms with E-state index in [0.29, 0.717) is 11.8 Å². The maximum atomic E-state index is 13.7. The van der Waals surface area contributed by atoms with E-state index in [1.807, 2.05) is 0 Å². The number of carbonyl (C=O) groups is 1. The number of aliphatic carboxylic acids is 1. The van der Waals surface area contributed by atoms with E-state index in [-0.39, 0.29) is 5.92 Å². The lowest BCUT2D eigenvalue weighted by Crippen LogP contribution is -2.50. The Morgan fingerprint density at radius 3 is 1.93 bits per heavy atom. The van der Waals surface area contributed by atoms with Gasteiger partial charge in [-0.05, 0) is 55.8 Å². The third-order valence-corrected chi connectivity index (χ3v) is 4.87. The van der Waals surface area contributed by atoms with Gasteiger partial charge in [0, 0.05) is 5.92 Å². The SMILES string of the molecule is O=C(O)C(F)C1C2CC3CC(C2)CC1C3. The summed E-state index contributed by atoms with van der Waals surface area (Å²) in [7, 11) is 0. The molecule has 0 aromatic heterocycles. The molecule has 0 heterocycles. The lowest BCUT2D eigenvalue weighted by atomic mass is 9.51. The van der Waals surface area contributed by atoms with Crippen molar-refractivity contribution in [1.29, 1.82) is 0 Å². The Labute approximate surface area is 88.9 Å². The Morgan fingerprint density at radius 2 is 1.53 bits per heavy atom.